The summed E-state index contributed by atoms with van der Waals surface area (Å²) in [5.74, 6) is -0.168. The van der Waals surface area contributed by atoms with E-state index < -0.39 is 0 Å². The molecule has 7 heteroatoms. The molecule has 1 aromatic carbocycles. The van der Waals surface area contributed by atoms with Crippen LogP contribution in [-0.2, 0) is 28.9 Å². The molecule has 1 aromatic heterocycles. The fraction of sp³-hybridized carbons (Fsp3) is 0.458. The average Bonchev–Trinajstić information content (AvgIpc) is 3.15. The predicted octanol–water partition coefficient (Wildman–Crippen LogP) is 3.41. The van der Waals surface area contributed by atoms with E-state index in [-0.39, 0.29) is 42.5 Å². The maximum absolute atomic E-state index is 12.4. The Morgan fingerprint density at radius 1 is 1.06 bits per heavy atom. The molecule has 0 radical (unpaired) electrons. The van der Waals surface area contributed by atoms with Gasteiger partial charge in [-0.3, -0.25) is 25.2 Å². The van der Waals surface area contributed by atoms with Gasteiger partial charge in [0.2, 0.25) is 11.8 Å². The lowest BCUT2D eigenvalue weighted by Gasteiger charge is -2.33. The fourth-order valence-electron chi connectivity index (χ4n) is 3.78. The van der Waals surface area contributed by atoms with Gasteiger partial charge in [-0.15, -0.1) is 11.3 Å². The molecule has 0 bridgehead atoms. The molecule has 0 spiro atoms. The molecular weight excluding hydrogens is 410 g/mol. The minimum absolute atomic E-state index is 0.0923. The minimum Gasteiger partial charge on any atom is -0.355 e. The number of benzene rings is 1. The monoisotopic (exact) mass is 441 g/mol. The number of nitrogens with one attached hydrogen (secondary N) is 3. The highest BCUT2D eigenvalue weighted by molar-refractivity contribution is 7.14. The first kappa shape index (κ1) is 23.0. The summed E-state index contributed by atoms with van der Waals surface area (Å²) in [6.07, 6.45) is 3.51. The van der Waals surface area contributed by atoms with Gasteiger partial charge in [0, 0.05) is 17.8 Å². The number of hydrogen-bond donors (Lipinski definition) is 3. The first-order chi connectivity index (χ1) is 14.7. The zero-order valence-electron chi connectivity index (χ0n) is 18.4. The zero-order valence-corrected chi connectivity index (χ0v) is 19.2. The number of fused-ring (bicyclic) bond motifs is 1. The molecule has 1 unspecified atom stereocenters. The number of thiophene rings is 1. The van der Waals surface area contributed by atoms with Gasteiger partial charge in [0.15, 0.2) is 0 Å². The second-order valence-corrected chi connectivity index (χ2v) is 10.3. The Kier molecular flexibility index (Phi) is 7.49. The Morgan fingerprint density at radius 2 is 1.81 bits per heavy atom. The predicted molar refractivity (Wildman–Crippen MR) is 123 cm³/mol. The van der Waals surface area contributed by atoms with Gasteiger partial charge in [-0.05, 0) is 47.8 Å². The van der Waals surface area contributed by atoms with Crippen molar-refractivity contribution in [3.63, 3.8) is 0 Å². The quantitative estimate of drug-likeness (QED) is 0.601. The second kappa shape index (κ2) is 10.1. The molecule has 3 N–H and O–H groups in total. The number of rotatable bonds is 6. The number of aryl methyl sites for hydroxylation is 1. The van der Waals surface area contributed by atoms with Crippen molar-refractivity contribution in [3.05, 3.63) is 57.3 Å². The fourth-order valence-corrected chi connectivity index (χ4v) is 4.89. The van der Waals surface area contributed by atoms with Crippen LogP contribution in [-0.4, -0.2) is 24.3 Å². The molecule has 1 heterocycles. The standard InChI is InChI=1S/C24H31N3O3S/c1-24(2,3)18-9-10-19-17(14-18)15-20(31-19)23(30)27-26-21(28)11-12-25-22(29)13-16-7-5-4-6-8-16/h4-8,15,18H,9-14H2,1-3H3,(H,25,29)(H,26,28)(H,27,30). The van der Waals surface area contributed by atoms with Crippen LogP contribution in [0.5, 0.6) is 0 Å². The van der Waals surface area contributed by atoms with E-state index in [1.165, 1.54) is 21.8 Å². The summed E-state index contributed by atoms with van der Waals surface area (Å²) in [4.78, 5) is 38.3. The summed E-state index contributed by atoms with van der Waals surface area (Å²) in [6.45, 7) is 7.02. The Bertz CT molecular complexity index is 931. The minimum atomic E-state index is -0.345. The van der Waals surface area contributed by atoms with Gasteiger partial charge in [0.1, 0.15) is 0 Å². The van der Waals surface area contributed by atoms with Crippen molar-refractivity contribution >= 4 is 29.1 Å². The number of carbonyl (C=O) groups excluding carboxylic acids is 3. The smallest absolute Gasteiger partial charge is 0.279 e. The molecule has 166 valence electrons. The van der Waals surface area contributed by atoms with Gasteiger partial charge in [0.05, 0.1) is 11.3 Å². The third-order valence-corrected chi connectivity index (χ3v) is 6.96. The van der Waals surface area contributed by atoms with Crippen LogP contribution >= 0.6 is 11.3 Å². The van der Waals surface area contributed by atoms with Gasteiger partial charge in [-0.25, -0.2) is 0 Å². The van der Waals surface area contributed by atoms with E-state index in [1.54, 1.807) is 0 Å². The van der Waals surface area contributed by atoms with E-state index in [0.29, 0.717) is 10.8 Å². The molecule has 0 fully saturated rings. The van der Waals surface area contributed by atoms with Crippen LogP contribution in [0.2, 0.25) is 0 Å². The van der Waals surface area contributed by atoms with E-state index in [1.807, 2.05) is 36.4 Å². The van der Waals surface area contributed by atoms with Crippen LogP contribution in [0.25, 0.3) is 0 Å². The van der Waals surface area contributed by atoms with Crippen molar-refractivity contribution in [1.29, 1.82) is 0 Å². The lowest BCUT2D eigenvalue weighted by atomic mass is 9.72. The van der Waals surface area contributed by atoms with Crippen molar-refractivity contribution in [2.24, 2.45) is 11.3 Å². The first-order valence-electron chi connectivity index (χ1n) is 10.7. The number of hydrazine groups is 1. The molecular formula is C24H31N3O3S. The molecule has 0 saturated heterocycles. The molecule has 3 rings (SSSR count). The van der Waals surface area contributed by atoms with E-state index in [0.717, 1.165) is 24.8 Å². The van der Waals surface area contributed by atoms with Gasteiger partial charge in [-0.1, -0.05) is 51.1 Å². The van der Waals surface area contributed by atoms with Crippen molar-refractivity contribution < 1.29 is 14.4 Å². The summed E-state index contributed by atoms with van der Waals surface area (Å²) in [7, 11) is 0. The second-order valence-electron chi connectivity index (χ2n) is 9.13. The largest absolute Gasteiger partial charge is 0.355 e. The van der Waals surface area contributed by atoms with Gasteiger partial charge >= 0.3 is 0 Å². The van der Waals surface area contributed by atoms with E-state index in [9.17, 15) is 14.4 Å². The molecule has 0 saturated carbocycles. The third kappa shape index (κ3) is 6.66. The topological polar surface area (TPSA) is 87.3 Å². The summed E-state index contributed by atoms with van der Waals surface area (Å²) < 4.78 is 0. The van der Waals surface area contributed by atoms with Crippen molar-refractivity contribution in [3.8, 4) is 0 Å². The Morgan fingerprint density at radius 3 is 2.52 bits per heavy atom. The van der Waals surface area contributed by atoms with Crippen LogP contribution in [0, 0.1) is 11.3 Å². The SMILES string of the molecule is CC(C)(C)C1CCc2sc(C(=O)NNC(=O)CCNC(=O)Cc3ccccc3)cc2C1. The van der Waals surface area contributed by atoms with Gasteiger partial charge < -0.3 is 5.32 Å². The number of hydrogen-bond acceptors (Lipinski definition) is 4. The third-order valence-electron chi connectivity index (χ3n) is 5.73. The summed E-state index contributed by atoms with van der Waals surface area (Å²) in [5.41, 5.74) is 7.36. The lowest BCUT2D eigenvalue weighted by Crippen LogP contribution is -2.42. The maximum atomic E-state index is 12.4. The Labute approximate surface area is 187 Å². The van der Waals surface area contributed by atoms with E-state index in [2.05, 4.69) is 36.9 Å². The molecule has 0 aliphatic heterocycles. The maximum Gasteiger partial charge on any atom is 0.279 e. The summed E-state index contributed by atoms with van der Waals surface area (Å²) in [5, 5.41) is 2.72. The van der Waals surface area contributed by atoms with Crippen LogP contribution < -0.4 is 16.2 Å². The van der Waals surface area contributed by atoms with Crippen LogP contribution in [0.3, 0.4) is 0 Å². The van der Waals surface area contributed by atoms with Crippen molar-refractivity contribution in [2.45, 2.75) is 52.9 Å². The number of amides is 3. The summed E-state index contributed by atoms with van der Waals surface area (Å²) in [6, 6.07) is 11.4. The lowest BCUT2D eigenvalue weighted by molar-refractivity contribution is -0.122. The van der Waals surface area contributed by atoms with E-state index in [4.69, 9.17) is 0 Å². The van der Waals surface area contributed by atoms with Gasteiger partial charge in [0.25, 0.3) is 5.91 Å². The summed E-state index contributed by atoms with van der Waals surface area (Å²) >= 11 is 1.51. The highest BCUT2D eigenvalue weighted by atomic mass is 32.1. The molecule has 2 aromatic rings. The average molecular weight is 442 g/mol. The molecule has 6 nitrogen and oxygen atoms in total. The van der Waals surface area contributed by atoms with Gasteiger partial charge in [-0.2, -0.15) is 0 Å². The van der Waals surface area contributed by atoms with Crippen LogP contribution in [0.15, 0.2) is 36.4 Å². The Balaban J connectivity index is 1.39. The van der Waals surface area contributed by atoms with Crippen LogP contribution in [0.4, 0.5) is 0 Å². The normalized spacial score (nSPS) is 15.6. The highest BCUT2D eigenvalue weighted by Gasteiger charge is 2.30. The highest BCUT2D eigenvalue weighted by Crippen LogP contribution is 2.40. The van der Waals surface area contributed by atoms with Crippen molar-refractivity contribution in [2.75, 3.05) is 6.54 Å². The first-order valence-corrected chi connectivity index (χ1v) is 11.6. The van der Waals surface area contributed by atoms with E-state index >= 15 is 0 Å². The van der Waals surface area contributed by atoms with Crippen LogP contribution in [0.1, 0.15) is 59.3 Å². The molecule has 3 amide bonds. The molecule has 31 heavy (non-hydrogen) atoms. The molecule has 1 aliphatic carbocycles. The molecule has 1 aliphatic rings. The number of carbonyl (C=O) groups is 3. The molecule has 1 atom stereocenters. The van der Waals surface area contributed by atoms with Crippen molar-refractivity contribution in [1.82, 2.24) is 16.2 Å². The Hall–Kier alpha value is -2.67. The zero-order chi connectivity index (χ0) is 22.4.